The van der Waals surface area contributed by atoms with E-state index in [0.717, 1.165) is 0 Å². The molecule has 94 valence electrons. The maximum Gasteiger partial charge on any atom is 0.332 e. The molecule has 0 aliphatic heterocycles. The predicted octanol–water partition coefficient (Wildman–Crippen LogP) is -1.70. The summed E-state index contributed by atoms with van der Waals surface area (Å²) < 4.78 is 4.76. The molecule has 1 amide bonds. The summed E-state index contributed by atoms with van der Waals surface area (Å²) in [5, 5.41) is 19.7. The summed E-state index contributed by atoms with van der Waals surface area (Å²) in [5.41, 5.74) is 5.51. The molecule has 0 aromatic carbocycles. The van der Waals surface area contributed by atoms with Crippen LogP contribution in [0.5, 0.6) is 0 Å². The zero-order valence-electron chi connectivity index (χ0n) is 9.18. The van der Waals surface area contributed by atoms with Crippen LogP contribution in [-0.4, -0.2) is 54.5 Å². The van der Waals surface area contributed by atoms with Gasteiger partial charge in [0.25, 0.3) is 0 Å². The van der Waals surface area contributed by atoms with E-state index >= 15 is 0 Å². The molecular weight excluding hydrogens is 216 g/mol. The molecule has 0 saturated carbocycles. The van der Waals surface area contributed by atoms with Crippen molar-refractivity contribution in [2.75, 3.05) is 20.3 Å². The highest BCUT2D eigenvalue weighted by molar-refractivity contribution is 5.81. The van der Waals surface area contributed by atoms with Crippen molar-refractivity contribution < 1.29 is 24.5 Å². The lowest BCUT2D eigenvalue weighted by Gasteiger charge is -2.12. The highest BCUT2D eigenvalue weighted by Crippen LogP contribution is 1.92. The molecule has 0 radical (unpaired) electrons. The number of carbonyl (C=O) groups is 2. The van der Waals surface area contributed by atoms with Crippen LogP contribution >= 0.6 is 0 Å². The number of ether oxygens (including phenoxy) is 1. The van der Waals surface area contributed by atoms with Crippen molar-refractivity contribution in [1.82, 2.24) is 5.32 Å². The molecule has 2 atom stereocenters. The third kappa shape index (κ3) is 6.33. The highest BCUT2D eigenvalue weighted by Gasteiger charge is 2.15. The standard InChI is InChI=1S/C9H18N2O5/c1-16-5-3-6(10)8(13)11-4-2-7(12)9(14)15/h6-7,12H,2-5,10H2,1H3,(H,11,13)(H,14,15)/t6?,7-/m0/s1. The van der Waals surface area contributed by atoms with Gasteiger partial charge >= 0.3 is 5.97 Å². The van der Waals surface area contributed by atoms with E-state index in [9.17, 15) is 9.59 Å². The molecule has 0 aromatic heterocycles. The number of hydrogen-bond donors (Lipinski definition) is 4. The largest absolute Gasteiger partial charge is 0.479 e. The molecule has 16 heavy (non-hydrogen) atoms. The number of aliphatic hydroxyl groups is 1. The minimum Gasteiger partial charge on any atom is -0.479 e. The van der Waals surface area contributed by atoms with Gasteiger partial charge in [-0.25, -0.2) is 4.79 Å². The van der Waals surface area contributed by atoms with Crippen molar-refractivity contribution in [2.45, 2.75) is 25.0 Å². The van der Waals surface area contributed by atoms with Crippen molar-refractivity contribution in [3.05, 3.63) is 0 Å². The smallest absolute Gasteiger partial charge is 0.332 e. The Morgan fingerprint density at radius 2 is 2.06 bits per heavy atom. The number of aliphatic hydroxyl groups excluding tert-OH is 1. The van der Waals surface area contributed by atoms with Crippen LogP contribution in [0.3, 0.4) is 0 Å². The van der Waals surface area contributed by atoms with E-state index in [4.69, 9.17) is 20.7 Å². The average Bonchev–Trinajstić information content (AvgIpc) is 2.25. The maximum atomic E-state index is 11.3. The molecule has 0 aliphatic carbocycles. The number of amides is 1. The molecule has 0 aromatic rings. The van der Waals surface area contributed by atoms with Gasteiger partial charge in [-0.1, -0.05) is 0 Å². The van der Waals surface area contributed by atoms with Gasteiger partial charge in [0.05, 0.1) is 6.04 Å². The third-order valence-electron chi connectivity index (χ3n) is 1.97. The summed E-state index contributed by atoms with van der Waals surface area (Å²) in [6.07, 6.45) is -1.11. The quantitative estimate of drug-likeness (QED) is 0.397. The van der Waals surface area contributed by atoms with Crippen molar-refractivity contribution in [3.63, 3.8) is 0 Å². The van der Waals surface area contributed by atoms with Gasteiger partial charge in [0.1, 0.15) is 0 Å². The number of rotatable bonds is 8. The Balaban J connectivity index is 3.68. The van der Waals surface area contributed by atoms with Gasteiger partial charge in [-0.3, -0.25) is 4.79 Å². The second-order valence-electron chi connectivity index (χ2n) is 3.32. The van der Waals surface area contributed by atoms with E-state index in [2.05, 4.69) is 5.32 Å². The average molecular weight is 234 g/mol. The van der Waals surface area contributed by atoms with Crippen LogP contribution in [0.15, 0.2) is 0 Å². The van der Waals surface area contributed by atoms with E-state index in [1.807, 2.05) is 0 Å². The first kappa shape index (κ1) is 14.8. The van der Waals surface area contributed by atoms with Gasteiger partial charge in [0.15, 0.2) is 6.10 Å². The Morgan fingerprint density at radius 3 is 2.56 bits per heavy atom. The number of hydrogen-bond acceptors (Lipinski definition) is 5. The predicted molar refractivity (Wildman–Crippen MR) is 55.7 cm³/mol. The lowest BCUT2D eigenvalue weighted by atomic mass is 10.2. The zero-order chi connectivity index (χ0) is 12.6. The number of aliphatic carboxylic acids is 1. The minimum atomic E-state index is -1.46. The van der Waals surface area contributed by atoms with Crippen LogP contribution < -0.4 is 11.1 Å². The Morgan fingerprint density at radius 1 is 1.44 bits per heavy atom. The molecule has 0 spiro atoms. The van der Waals surface area contributed by atoms with E-state index in [0.29, 0.717) is 13.0 Å². The summed E-state index contributed by atoms with van der Waals surface area (Å²) in [4.78, 5) is 21.5. The van der Waals surface area contributed by atoms with Crippen LogP contribution in [0.25, 0.3) is 0 Å². The number of methoxy groups -OCH3 is 1. The lowest BCUT2D eigenvalue weighted by Crippen LogP contribution is -2.42. The first-order valence-electron chi connectivity index (χ1n) is 4.92. The normalized spacial score (nSPS) is 14.2. The molecule has 0 saturated heterocycles. The van der Waals surface area contributed by atoms with Crippen LogP contribution in [-0.2, 0) is 14.3 Å². The molecule has 0 rings (SSSR count). The van der Waals surface area contributed by atoms with Crippen LogP contribution in [0, 0.1) is 0 Å². The fourth-order valence-corrected chi connectivity index (χ4v) is 0.963. The molecule has 0 bridgehead atoms. The lowest BCUT2D eigenvalue weighted by molar-refractivity contribution is -0.147. The second kappa shape index (κ2) is 8.03. The van der Waals surface area contributed by atoms with Crippen LogP contribution in [0.1, 0.15) is 12.8 Å². The first-order chi connectivity index (χ1) is 7.49. The molecule has 0 aliphatic rings. The topological polar surface area (TPSA) is 122 Å². The van der Waals surface area contributed by atoms with Gasteiger partial charge in [0, 0.05) is 26.7 Å². The van der Waals surface area contributed by atoms with Crippen molar-refractivity contribution >= 4 is 11.9 Å². The summed E-state index contributed by atoms with van der Waals surface area (Å²) >= 11 is 0. The maximum absolute atomic E-state index is 11.3. The minimum absolute atomic E-state index is 0.0436. The Hall–Kier alpha value is -1.18. The van der Waals surface area contributed by atoms with Crippen LogP contribution in [0.2, 0.25) is 0 Å². The van der Waals surface area contributed by atoms with Gasteiger partial charge in [0.2, 0.25) is 5.91 Å². The van der Waals surface area contributed by atoms with Crippen molar-refractivity contribution in [3.8, 4) is 0 Å². The monoisotopic (exact) mass is 234 g/mol. The molecular formula is C9H18N2O5. The second-order valence-corrected chi connectivity index (χ2v) is 3.32. The number of nitrogens with two attached hydrogens (primary N) is 1. The molecule has 7 heteroatoms. The third-order valence-corrected chi connectivity index (χ3v) is 1.97. The van der Waals surface area contributed by atoms with Crippen molar-refractivity contribution in [2.24, 2.45) is 5.73 Å². The summed E-state index contributed by atoms with van der Waals surface area (Å²) in [5.74, 6) is -1.69. The molecule has 5 N–H and O–H groups in total. The molecule has 0 heterocycles. The fraction of sp³-hybridized carbons (Fsp3) is 0.778. The molecule has 0 fully saturated rings. The van der Waals surface area contributed by atoms with Gasteiger partial charge in [-0.15, -0.1) is 0 Å². The van der Waals surface area contributed by atoms with Gasteiger partial charge < -0.3 is 26.0 Å². The van der Waals surface area contributed by atoms with E-state index in [1.165, 1.54) is 7.11 Å². The highest BCUT2D eigenvalue weighted by atomic mass is 16.5. The van der Waals surface area contributed by atoms with Crippen LogP contribution in [0.4, 0.5) is 0 Å². The Kier molecular flexibility index (Phi) is 7.44. The van der Waals surface area contributed by atoms with E-state index < -0.39 is 18.1 Å². The zero-order valence-corrected chi connectivity index (χ0v) is 9.18. The molecule has 1 unspecified atom stereocenters. The van der Waals surface area contributed by atoms with E-state index in [-0.39, 0.29) is 18.9 Å². The summed E-state index contributed by atoms with van der Waals surface area (Å²) in [7, 11) is 1.51. The number of carboxylic acids is 1. The number of carbonyl (C=O) groups excluding carboxylic acids is 1. The van der Waals surface area contributed by atoms with Crippen molar-refractivity contribution in [1.29, 1.82) is 0 Å². The Bertz CT molecular complexity index is 234. The van der Waals surface area contributed by atoms with Gasteiger partial charge in [-0.05, 0) is 6.42 Å². The van der Waals surface area contributed by atoms with E-state index in [1.54, 1.807) is 0 Å². The number of carboxylic acid groups (broad SMARTS) is 1. The Labute approximate surface area is 93.6 Å². The van der Waals surface area contributed by atoms with Gasteiger partial charge in [-0.2, -0.15) is 0 Å². The SMILES string of the molecule is COCCC(N)C(=O)NCC[C@H](O)C(=O)O. The summed E-state index contributed by atoms with van der Waals surface area (Å²) in [6, 6.07) is -0.679. The molecule has 7 nitrogen and oxygen atoms in total. The first-order valence-corrected chi connectivity index (χ1v) is 4.92. The fourth-order valence-electron chi connectivity index (χ4n) is 0.963. The number of nitrogens with one attached hydrogen (secondary N) is 1. The summed E-state index contributed by atoms with van der Waals surface area (Å²) in [6.45, 7) is 0.458.